The Balaban J connectivity index is 2.19. The molecule has 3 heteroatoms. The summed E-state index contributed by atoms with van der Waals surface area (Å²) in [6, 6.07) is 2.01. The lowest BCUT2D eigenvalue weighted by atomic mass is 10.0. The zero-order valence-corrected chi connectivity index (χ0v) is 14.0. The Kier molecular flexibility index (Phi) is 9.07. The van der Waals surface area contributed by atoms with Crippen LogP contribution in [0.5, 0.6) is 5.88 Å². The molecule has 1 N–H and O–H groups in total. The minimum Gasteiger partial charge on any atom is -0.481 e. The summed E-state index contributed by atoms with van der Waals surface area (Å²) in [6.45, 7) is 4.61. The van der Waals surface area contributed by atoms with E-state index in [1.807, 2.05) is 6.07 Å². The van der Waals surface area contributed by atoms with Gasteiger partial charge in [0.25, 0.3) is 0 Å². The van der Waals surface area contributed by atoms with Crippen LogP contribution in [0, 0.1) is 13.8 Å². The first-order valence-electron chi connectivity index (χ1n) is 8.31. The quantitative estimate of drug-likeness (QED) is 0.616. The molecule has 0 bridgehead atoms. The molecule has 0 radical (unpaired) electrons. The lowest BCUT2D eigenvalue weighted by Gasteiger charge is -2.10. The molecule has 1 aromatic heterocycles. The van der Waals surface area contributed by atoms with Crippen molar-refractivity contribution in [3.63, 3.8) is 0 Å². The van der Waals surface area contributed by atoms with Crippen LogP contribution in [-0.4, -0.2) is 23.8 Å². The van der Waals surface area contributed by atoms with Crippen LogP contribution in [0.25, 0.3) is 0 Å². The highest BCUT2D eigenvalue weighted by atomic mass is 16.5. The van der Waals surface area contributed by atoms with E-state index in [0.29, 0.717) is 6.61 Å². The van der Waals surface area contributed by atoms with Crippen LogP contribution in [0.4, 0.5) is 0 Å². The SMILES string of the molecule is COc1cc(C)c(C)c(CCCCCCCCCCO)n1. The van der Waals surface area contributed by atoms with Crippen molar-refractivity contribution in [3.8, 4) is 5.88 Å². The number of ether oxygens (including phenoxy) is 1. The molecule has 0 spiro atoms. The fourth-order valence-corrected chi connectivity index (χ4v) is 2.58. The van der Waals surface area contributed by atoms with Crippen molar-refractivity contribution in [2.24, 2.45) is 0 Å². The Morgan fingerprint density at radius 1 is 0.952 bits per heavy atom. The van der Waals surface area contributed by atoms with Gasteiger partial charge in [0.05, 0.1) is 7.11 Å². The van der Waals surface area contributed by atoms with E-state index in [2.05, 4.69) is 18.8 Å². The lowest BCUT2D eigenvalue weighted by molar-refractivity contribution is 0.282. The van der Waals surface area contributed by atoms with Crippen molar-refractivity contribution >= 4 is 0 Å². The zero-order valence-electron chi connectivity index (χ0n) is 14.0. The van der Waals surface area contributed by atoms with Gasteiger partial charge < -0.3 is 9.84 Å². The monoisotopic (exact) mass is 293 g/mol. The molecule has 0 unspecified atom stereocenters. The maximum absolute atomic E-state index is 8.71. The van der Waals surface area contributed by atoms with Gasteiger partial charge in [-0.25, -0.2) is 4.98 Å². The molecule has 3 nitrogen and oxygen atoms in total. The Bertz CT molecular complexity index is 404. The first kappa shape index (κ1) is 18.0. The predicted octanol–water partition coefficient (Wildman–Crippen LogP) is 4.36. The average Bonchev–Trinajstić information content (AvgIpc) is 2.49. The second-order valence-corrected chi connectivity index (χ2v) is 5.86. The molecule has 1 heterocycles. The van der Waals surface area contributed by atoms with Crippen LogP contribution < -0.4 is 4.74 Å². The molecular formula is C18H31NO2. The highest BCUT2D eigenvalue weighted by Crippen LogP contribution is 2.19. The van der Waals surface area contributed by atoms with Gasteiger partial charge in [-0.05, 0) is 44.2 Å². The van der Waals surface area contributed by atoms with Gasteiger partial charge in [0, 0.05) is 18.4 Å². The third-order valence-electron chi connectivity index (χ3n) is 4.14. The number of unbranched alkanes of at least 4 members (excludes halogenated alkanes) is 7. The van der Waals surface area contributed by atoms with Gasteiger partial charge in [0.15, 0.2) is 0 Å². The largest absolute Gasteiger partial charge is 0.481 e. The van der Waals surface area contributed by atoms with Crippen LogP contribution in [0.2, 0.25) is 0 Å². The van der Waals surface area contributed by atoms with Gasteiger partial charge in [-0.1, -0.05) is 38.5 Å². The Hall–Kier alpha value is -1.09. The van der Waals surface area contributed by atoms with Gasteiger partial charge in [0.1, 0.15) is 0 Å². The minimum atomic E-state index is 0.340. The van der Waals surface area contributed by atoms with E-state index in [0.717, 1.165) is 18.7 Å². The third kappa shape index (κ3) is 6.94. The molecule has 0 amide bonds. The number of rotatable bonds is 11. The summed E-state index contributed by atoms with van der Waals surface area (Å²) in [5.74, 6) is 0.733. The highest BCUT2D eigenvalue weighted by molar-refractivity contribution is 5.33. The van der Waals surface area contributed by atoms with E-state index in [4.69, 9.17) is 9.84 Å². The maximum atomic E-state index is 8.71. The number of pyridine rings is 1. The van der Waals surface area contributed by atoms with Crippen LogP contribution in [0.3, 0.4) is 0 Å². The Labute approximate surface area is 129 Å². The van der Waals surface area contributed by atoms with Gasteiger partial charge in [0.2, 0.25) is 5.88 Å². The minimum absolute atomic E-state index is 0.340. The number of aliphatic hydroxyl groups is 1. The molecule has 0 aliphatic carbocycles. The number of methoxy groups -OCH3 is 1. The van der Waals surface area contributed by atoms with E-state index in [9.17, 15) is 0 Å². The second-order valence-electron chi connectivity index (χ2n) is 5.86. The van der Waals surface area contributed by atoms with E-state index in [1.54, 1.807) is 7.11 Å². The first-order chi connectivity index (χ1) is 10.2. The molecular weight excluding hydrogens is 262 g/mol. The number of aromatic nitrogens is 1. The summed E-state index contributed by atoms with van der Waals surface area (Å²) in [4.78, 5) is 4.57. The van der Waals surface area contributed by atoms with E-state index >= 15 is 0 Å². The van der Waals surface area contributed by atoms with Crippen molar-refractivity contribution in [1.82, 2.24) is 4.98 Å². The van der Waals surface area contributed by atoms with Crippen LogP contribution in [-0.2, 0) is 6.42 Å². The molecule has 0 atom stereocenters. The van der Waals surface area contributed by atoms with Crippen LogP contribution in [0.15, 0.2) is 6.07 Å². The number of aryl methyl sites for hydroxylation is 2. The number of nitrogens with zero attached hydrogens (tertiary/aromatic N) is 1. The molecule has 0 fully saturated rings. The van der Waals surface area contributed by atoms with E-state index in [1.165, 1.54) is 61.8 Å². The summed E-state index contributed by atoms with van der Waals surface area (Å²) in [7, 11) is 1.68. The van der Waals surface area contributed by atoms with Crippen molar-refractivity contribution in [2.45, 2.75) is 71.6 Å². The van der Waals surface area contributed by atoms with Crippen molar-refractivity contribution < 1.29 is 9.84 Å². The van der Waals surface area contributed by atoms with E-state index in [-0.39, 0.29) is 0 Å². The Morgan fingerprint density at radius 3 is 2.10 bits per heavy atom. The average molecular weight is 293 g/mol. The van der Waals surface area contributed by atoms with Gasteiger partial charge in [-0.15, -0.1) is 0 Å². The van der Waals surface area contributed by atoms with Gasteiger partial charge in [-0.3, -0.25) is 0 Å². The topological polar surface area (TPSA) is 42.4 Å². The predicted molar refractivity (Wildman–Crippen MR) is 88.0 cm³/mol. The van der Waals surface area contributed by atoms with Crippen LogP contribution >= 0.6 is 0 Å². The molecule has 0 aliphatic heterocycles. The molecule has 1 aromatic rings. The lowest BCUT2D eigenvalue weighted by Crippen LogP contribution is -2.00. The summed E-state index contributed by atoms with van der Waals surface area (Å²) >= 11 is 0. The maximum Gasteiger partial charge on any atom is 0.213 e. The fraction of sp³-hybridized carbons (Fsp3) is 0.722. The molecule has 0 saturated heterocycles. The molecule has 0 aliphatic rings. The normalized spacial score (nSPS) is 10.9. The molecule has 0 saturated carbocycles. The standard InChI is InChI=1S/C18H31NO2/c1-15-14-18(21-3)19-17(16(15)2)12-10-8-6-4-5-7-9-11-13-20/h14,20H,4-13H2,1-3H3. The number of hydrogen-bond donors (Lipinski definition) is 1. The fourth-order valence-electron chi connectivity index (χ4n) is 2.58. The smallest absolute Gasteiger partial charge is 0.213 e. The summed E-state index contributed by atoms with van der Waals surface area (Å²) in [5, 5.41) is 8.71. The summed E-state index contributed by atoms with van der Waals surface area (Å²) in [6.07, 6.45) is 10.8. The second kappa shape index (κ2) is 10.6. The van der Waals surface area contributed by atoms with Crippen molar-refractivity contribution in [3.05, 3.63) is 22.9 Å². The summed E-state index contributed by atoms with van der Waals surface area (Å²) in [5.41, 5.74) is 3.76. The Morgan fingerprint density at radius 2 is 1.52 bits per heavy atom. The number of aliphatic hydroxyl groups excluding tert-OH is 1. The third-order valence-corrected chi connectivity index (χ3v) is 4.14. The summed E-state index contributed by atoms with van der Waals surface area (Å²) < 4.78 is 5.25. The van der Waals surface area contributed by atoms with Crippen molar-refractivity contribution in [2.75, 3.05) is 13.7 Å². The van der Waals surface area contributed by atoms with Crippen LogP contribution in [0.1, 0.15) is 68.2 Å². The molecule has 21 heavy (non-hydrogen) atoms. The zero-order chi connectivity index (χ0) is 15.5. The van der Waals surface area contributed by atoms with Gasteiger partial charge in [-0.2, -0.15) is 0 Å². The highest BCUT2D eigenvalue weighted by Gasteiger charge is 2.06. The van der Waals surface area contributed by atoms with E-state index < -0.39 is 0 Å². The number of hydrogen-bond acceptors (Lipinski definition) is 3. The van der Waals surface area contributed by atoms with Gasteiger partial charge >= 0.3 is 0 Å². The van der Waals surface area contributed by atoms with Crippen molar-refractivity contribution in [1.29, 1.82) is 0 Å². The molecule has 1 rings (SSSR count). The first-order valence-corrected chi connectivity index (χ1v) is 8.31. The molecule has 120 valence electrons. The molecule has 0 aromatic carbocycles.